The minimum atomic E-state index is -0.325. The lowest BCUT2D eigenvalue weighted by Crippen LogP contribution is -2.00. The molecule has 0 atom stereocenters. The summed E-state index contributed by atoms with van der Waals surface area (Å²) in [5.41, 5.74) is 1.30. The molecular formula is C13H17FO. The Kier molecular flexibility index (Phi) is 4.47. The zero-order valence-corrected chi connectivity index (χ0v) is 9.35. The van der Waals surface area contributed by atoms with Crippen molar-refractivity contribution < 1.29 is 9.18 Å². The van der Waals surface area contributed by atoms with Crippen LogP contribution in [-0.2, 0) is 0 Å². The van der Waals surface area contributed by atoms with Gasteiger partial charge in [-0.05, 0) is 37.1 Å². The molecule has 0 aliphatic heterocycles. The first-order chi connectivity index (χ1) is 7.13. The topological polar surface area (TPSA) is 17.1 Å². The van der Waals surface area contributed by atoms with Gasteiger partial charge in [0.2, 0.25) is 0 Å². The zero-order chi connectivity index (χ0) is 11.3. The Morgan fingerprint density at radius 3 is 2.60 bits per heavy atom. The molecule has 15 heavy (non-hydrogen) atoms. The minimum absolute atomic E-state index is 0.0473. The van der Waals surface area contributed by atoms with Gasteiger partial charge in [-0.3, -0.25) is 4.79 Å². The van der Waals surface area contributed by atoms with Gasteiger partial charge in [-0.1, -0.05) is 19.8 Å². The van der Waals surface area contributed by atoms with Crippen molar-refractivity contribution in [2.24, 2.45) is 0 Å². The maximum absolute atomic E-state index is 13.0. The lowest BCUT2D eigenvalue weighted by Gasteiger charge is -2.02. The molecule has 0 unspecified atom stereocenters. The first-order valence-corrected chi connectivity index (χ1v) is 5.44. The third kappa shape index (κ3) is 3.82. The van der Waals surface area contributed by atoms with E-state index in [9.17, 15) is 9.18 Å². The van der Waals surface area contributed by atoms with E-state index in [1.54, 1.807) is 13.0 Å². The van der Waals surface area contributed by atoms with Crippen molar-refractivity contribution in [3.05, 3.63) is 35.1 Å². The van der Waals surface area contributed by atoms with Gasteiger partial charge in [0.15, 0.2) is 5.78 Å². The third-order valence-corrected chi connectivity index (χ3v) is 2.37. The summed E-state index contributed by atoms with van der Waals surface area (Å²) < 4.78 is 13.0. The van der Waals surface area contributed by atoms with Crippen LogP contribution in [0.15, 0.2) is 18.2 Å². The number of carbonyl (C=O) groups is 1. The highest BCUT2D eigenvalue weighted by molar-refractivity contribution is 5.96. The molecule has 1 rings (SSSR count). The van der Waals surface area contributed by atoms with Crippen LogP contribution in [0.1, 0.15) is 48.5 Å². The van der Waals surface area contributed by atoms with E-state index in [0.717, 1.165) is 24.8 Å². The van der Waals surface area contributed by atoms with Crippen molar-refractivity contribution in [3.63, 3.8) is 0 Å². The normalized spacial score (nSPS) is 10.3. The molecule has 1 nitrogen and oxygen atoms in total. The molecule has 2 heteroatoms. The van der Waals surface area contributed by atoms with E-state index < -0.39 is 0 Å². The van der Waals surface area contributed by atoms with E-state index in [1.165, 1.54) is 12.1 Å². The molecule has 0 fully saturated rings. The van der Waals surface area contributed by atoms with Crippen molar-refractivity contribution in [2.45, 2.75) is 39.5 Å². The van der Waals surface area contributed by atoms with Crippen LogP contribution in [-0.4, -0.2) is 5.78 Å². The van der Waals surface area contributed by atoms with Crippen LogP contribution in [0, 0.1) is 12.7 Å². The average molecular weight is 208 g/mol. The van der Waals surface area contributed by atoms with Crippen LogP contribution in [0.3, 0.4) is 0 Å². The summed E-state index contributed by atoms with van der Waals surface area (Å²) in [6.07, 6.45) is 3.57. The van der Waals surface area contributed by atoms with E-state index in [2.05, 4.69) is 6.92 Å². The number of rotatable bonds is 5. The molecule has 82 valence electrons. The average Bonchev–Trinajstić information content (AvgIpc) is 2.16. The second kappa shape index (κ2) is 5.64. The Bertz CT molecular complexity index is 324. The standard InChI is InChI=1S/C13H17FO/c1-3-4-5-6-13(15)11-7-10(2)8-12(14)9-11/h7-9H,3-6H2,1-2H3. The van der Waals surface area contributed by atoms with Gasteiger partial charge in [0.25, 0.3) is 0 Å². The molecule has 0 aliphatic rings. The molecule has 1 aromatic carbocycles. The van der Waals surface area contributed by atoms with Gasteiger partial charge in [-0.2, -0.15) is 0 Å². The van der Waals surface area contributed by atoms with Gasteiger partial charge < -0.3 is 0 Å². The van der Waals surface area contributed by atoms with Crippen LogP contribution in [0.5, 0.6) is 0 Å². The molecule has 0 saturated heterocycles. The number of Topliss-reactive ketones (excluding diaryl/α,β-unsaturated/α-hetero) is 1. The van der Waals surface area contributed by atoms with E-state index in [4.69, 9.17) is 0 Å². The van der Waals surface area contributed by atoms with Crippen LogP contribution < -0.4 is 0 Å². The van der Waals surface area contributed by atoms with E-state index in [-0.39, 0.29) is 11.6 Å². The molecule has 0 N–H and O–H groups in total. The first-order valence-electron chi connectivity index (χ1n) is 5.44. The Balaban J connectivity index is 2.65. The molecule has 0 radical (unpaired) electrons. The van der Waals surface area contributed by atoms with Crippen molar-refractivity contribution in [3.8, 4) is 0 Å². The Morgan fingerprint density at radius 2 is 2.00 bits per heavy atom. The highest BCUT2D eigenvalue weighted by Gasteiger charge is 2.07. The summed E-state index contributed by atoms with van der Waals surface area (Å²) in [4.78, 5) is 11.7. The second-order valence-corrected chi connectivity index (χ2v) is 3.90. The predicted molar refractivity (Wildman–Crippen MR) is 59.6 cm³/mol. The third-order valence-electron chi connectivity index (χ3n) is 2.37. The number of unbranched alkanes of at least 4 members (excludes halogenated alkanes) is 2. The molecular weight excluding hydrogens is 191 g/mol. The van der Waals surface area contributed by atoms with Crippen molar-refractivity contribution >= 4 is 5.78 Å². The van der Waals surface area contributed by atoms with Gasteiger partial charge in [0, 0.05) is 12.0 Å². The highest BCUT2D eigenvalue weighted by Crippen LogP contribution is 2.12. The zero-order valence-electron chi connectivity index (χ0n) is 9.35. The van der Waals surface area contributed by atoms with Gasteiger partial charge in [-0.25, -0.2) is 4.39 Å². The summed E-state index contributed by atoms with van der Waals surface area (Å²) in [5, 5.41) is 0. The van der Waals surface area contributed by atoms with Crippen molar-refractivity contribution in [2.75, 3.05) is 0 Å². The largest absolute Gasteiger partial charge is 0.294 e. The summed E-state index contributed by atoms with van der Waals surface area (Å²) in [6, 6.07) is 4.50. The number of aryl methyl sites for hydroxylation is 1. The van der Waals surface area contributed by atoms with Gasteiger partial charge in [-0.15, -0.1) is 0 Å². The fourth-order valence-corrected chi connectivity index (χ4v) is 1.58. The molecule has 0 amide bonds. The summed E-state index contributed by atoms with van der Waals surface area (Å²) >= 11 is 0. The fourth-order valence-electron chi connectivity index (χ4n) is 1.58. The number of hydrogen-bond donors (Lipinski definition) is 0. The molecule has 0 heterocycles. The summed E-state index contributed by atoms with van der Waals surface area (Å²) in [6.45, 7) is 3.89. The fraction of sp³-hybridized carbons (Fsp3) is 0.462. The second-order valence-electron chi connectivity index (χ2n) is 3.90. The molecule has 0 aliphatic carbocycles. The molecule has 1 aromatic rings. The molecule has 0 bridgehead atoms. The van der Waals surface area contributed by atoms with E-state index in [1.807, 2.05) is 0 Å². The summed E-state index contributed by atoms with van der Waals surface area (Å²) in [5.74, 6) is -0.278. The lowest BCUT2D eigenvalue weighted by atomic mass is 10.0. The first kappa shape index (κ1) is 11.9. The number of carbonyl (C=O) groups excluding carboxylic acids is 1. The van der Waals surface area contributed by atoms with Crippen molar-refractivity contribution in [1.82, 2.24) is 0 Å². The van der Waals surface area contributed by atoms with Gasteiger partial charge in [0.05, 0.1) is 0 Å². The minimum Gasteiger partial charge on any atom is -0.294 e. The molecule has 0 saturated carbocycles. The van der Waals surface area contributed by atoms with E-state index >= 15 is 0 Å². The Labute approximate surface area is 90.3 Å². The monoisotopic (exact) mass is 208 g/mol. The maximum atomic E-state index is 13.0. The van der Waals surface area contributed by atoms with Crippen LogP contribution in [0.2, 0.25) is 0 Å². The summed E-state index contributed by atoms with van der Waals surface area (Å²) in [7, 11) is 0. The molecule has 0 aromatic heterocycles. The van der Waals surface area contributed by atoms with Crippen LogP contribution in [0.4, 0.5) is 4.39 Å². The van der Waals surface area contributed by atoms with Gasteiger partial charge in [0.1, 0.15) is 5.82 Å². The number of ketones is 1. The molecule has 0 spiro atoms. The quantitative estimate of drug-likeness (QED) is 0.530. The SMILES string of the molecule is CCCCCC(=O)c1cc(C)cc(F)c1. The van der Waals surface area contributed by atoms with Crippen molar-refractivity contribution in [1.29, 1.82) is 0 Å². The lowest BCUT2D eigenvalue weighted by molar-refractivity contribution is 0.0979. The van der Waals surface area contributed by atoms with Crippen LogP contribution in [0.25, 0.3) is 0 Å². The smallest absolute Gasteiger partial charge is 0.162 e. The number of benzene rings is 1. The number of halogens is 1. The Hall–Kier alpha value is -1.18. The predicted octanol–water partition coefficient (Wildman–Crippen LogP) is 3.90. The van der Waals surface area contributed by atoms with E-state index in [0.29, 0.717) is 12.0 Å². The van der Waals surface area contributed by atoms with Crippen LogP contribution >= 0.6 is 0 Å². The van der Waals surface area contributed by atoms with Gasteiger partial charge >= 0.3 is 0 Å². The highest BCUT2D eigenvalue weighted by atomic mass is 19.1. The maximum Gasteiger partial charge on any atom is 0.162 e. The Morgan fingerprint density at radius 1 is 1.27 bits per heavy atom. The number of hydrogen-bond acceptors (Lipinski definition) is 1.